The van der Waals surface area contributed by atoms with E-state index in [2.05, 4.69) is 0 Å². The van der Waals surface area contributed by atoms with Gasteiger partial charge in [-0.05, 0) is 33.4 Å². The van der Waals surface area contributed by atoms with E-state index in [0.29, 0.717) is 37.6 Å². The van der Waals surface area contributed by atoms with Crippen molar-refractivity contribution in [1.82, 2.24) is 0 Å². The summed E-state index contributed by atoms with van der Waals surface area (Å²) >= 11 is 0. The van der Waals surface area contributed by atoms with Gasteiger partial charge < -0.3 is 19.7 Å². The van der Waals surface area contributed by atoms with Gasteiger partial charge in [0, 0.05) is 0 Å². The zero-order valence-corrected chi connectivity index (χ0v) is 15.9. The van der Waals surface area contributed by atoms with Gasteiger partial charge in [-0.25, -0.2) is 0 Å². The van der Waals surface area contributed by atoms with Gasteiger partial charge in [0.1, 0.15) is 0 Å². The first-order chi connectivity index (χ1) is 13.8. The predicted octanol–water partition coefficient (Wildman–Crippen LogP) is 4.10. The Balaban J connectivity index is 1.68. The number of ether oxygens (including phenoxy) is 2. The summed E-state index contributed by atoms with van der Waals surface area (Å²) < 4.78 is 11.8. The lowest BCUT2D eigenvalue weighted by Crippen LogP contribution is -2.06. The molecule has 0 unspecified atom stereocenters. The zero-order valence-electron chi connectivity index (χ0n) is 15.9. The second kappa shape index (κ2) is 10.7. The lowest BCUT2D eigenvalue weighted by atomic mass is 9.99. The molecule has 4 heteroatoms. The molecule has 0 aliphatic heterocycles. The van der Waals surface area contributed by atoms with E-state index in [-0.39, 0.29) is 13.2 Å². The number of rotatable bonds is 10. The Kier molecular flexibility index (Phi) is 7.76. The molecular formula is C24H26O4. The van der Waals surface area contributed by atoms with Crippen LogP contribution in [0.4, 0.5) is 0 Å². The molecule has 0 aliphatic carbocycles. The summed E-state index contributed by atoms with van der Waals surface area (Å²) in [5, 5.41) is 19.2. The molecule has 2 N–H and O–H groups in total. The molecule has 3 aromatic rings. The fourth-order valence-corrected chi connectivity index (χ4v) is 3.06. The maximum Gasteiger partial charge on any atom is 0.0725 e. The average Bonchev–Trinajstić information content (AvgIpc) is 2.75. The van der Waals surface area contributed by atoms with Gasteiger partial charge >= 0.3 is 0 Å². The van der Waals surface area contributed by atoms with E-state index < -0.39 is 0 Å². The molecule has 0 radical (unpaired) electrons. The summed E-state index contributed by atoms with van der Waals surface area (Å²) in [5.41, 5.74) is 5.58. The third-order valence-electron chi connectivity index (χ3n) is 4.60. The summed E-state index contributed by atoms with van der Waals surface area (Å²) in [7, 11) is 0. The van der Waals surface area contributed by atoms with Gasteiger partial charge in [-0.3, -0.25) is 0 Å². The van der Waals surface area contributed by atoms with Crippen molar-refractivity contribution < 1.29 is 19.7 Å². The van der Waals surface area contributed by atoms with Crippen LogP contribution < -0.4 is 0 Å². The highest BCUT2D eigenvalue weighted by Gasteiger charge is 2.10. The second-order valence-electron chi connectivity index (χ2n) is 6.66. The van der Waals surface area contributed by atoms with E-state index in [1.807, 2.05) is 72.8 Å². The van der Waals surface area contributed by atoms with Crippen LogP contribution in [0.25, 0.3) is 0 Å². The van der Waals surface area contributed by atoms with Gasteiger partial charge in [-0.15, -0.1) is 0 Å². The molecule has 0 atom stereocenters. The lowest BCUT2D eigenvalue weighted by molar-refractivity contribution is 0.0931. The molecule has 0 heterocycles. The first-order valence-electron chi connectivity index (χ1n) is 9.38. The van der Waals surface area contributed by atoms with Crippen LogP contribution in [0.3, 0.4) is 0 Å². The molecule has 0 saturated heterocycles. The molecule has 0 saturated carbocycles. The number of aliphatic hydroxyl groups excluding tert-OH is 2. The van der Waals surface area contributed by atoms with Gasteiger partial charge in [0.25, 0.3) is 0 Å². The van der Waals surface area contributed by atoms with Crippen LogP contribution in [0.2, 0.25) is 0 Å². The summed E-state index contributed by atoms with van der Waals surface area (Å²) in [6, 6.07) is 23.8. The number of benzene rings is 3. The second-order valence-corrected chi connectivity index (χ2v) is 6.66. The van der Waals surface area contributed by atoms with Crippen molar-refractivity contribution in [2.75, 3.05) is 0 Å². The standard InChI is InChI=1S/C24H26O4/c25-13-21-11-23(17-27-15-19-7-3-1-4-8-19)24(12-22(21)14-26)18-28-16-20-9-5-2-6-10-20/h1-12,25-26H,13-18H2. The van der Waals surface area contributed by atoms with Crippen molar-refractivity contribution in [3.63, 3.8) is 0 Å². The molecule has 146 valence electrons. The minimum absolute atomic E-state index is 0.118. The summed E-state index contributed by atoms with van der Waals surface area (Å²) in [4.78, 5) is 0. The molecular weight excluding hydrogens is 352 g/mol. The molecule has 28 heavy (non-hydrogen) atoms. The molecule has 0 amide bonds. The smallest absolute Gasteiger partial charge is 0.0725 e. The highest BCUT2D eigenvalue weighted by molar-refractivity contribution is 5.37. The Morgan fingerprint density at radius 1 is 0.500 bits per heavy atom. The Labute approximate surface area is 166 Å². The van der Waals surface area contributed by atoms with Crippen molar-refractivity contribution in [1.29, 1.82) is 0 Å². The summed E-state index contributed by atoms with van der Waals surface area (Å²) in [6.07, 6.45) is 0. The minimum atomic E-state index is -0.118. The van der Waals surface area contributed by atoms with Crippen molar-refractivity contribution >= 4 is 0 Å². The van der Waals surface area contributed by atoms with Crippen LogP contribution >= 0.6 is 0 Å². The fraction of sp³-hybridized carbons (Fsp3) is 0.250. The number of hydrogen-bond acceptors (Lipinski definition) is 4. The highest BCUT2D eigenvalue weighted by atomic mass is 16.5. The van der Waals surface area contributed by atoms with Gasteiger partial charge in [-0.2, -0.15) is 0 Å². The minimum Gasteiger partial charge on any atom is -0.392 e. The van der Waals surface area contributed by atoms with E-state index in [9.17, 15) is 10.2 Å². The first kappa shape index (κ1) is 20.2. The summed E-state index contributed by atoms with van der Waals surface area (Å²) in [6.45, 7) is 1.62. The molecule has 0 spiro atoms. The average molecular weight is 378 g/mol. The predicted molar refractivity (Wildman–Crippen MR) is 108 cm³/mol. The Bertz CT molecular complexity index is 775. The van der Waals surface area contributed by atoms with E-state index in [4.69, 9.17) is 9.47 Å². The third kappa shape index (κ3) is 5.75. The number of aliphatic hydroxyl groups is 2. The van der Waals surface area contributed by atoms with Crippen LogP contribution in [0.5, 0.6) is 0 Å². The maximum atomic E-state index is 9.61. The lowest BCUT2D eigenvalue weighted by Gasteiger charge is -2.15. The maximum absolute atomic E-state index is 9.61. The van der Waals surface area contributed by atoms with Gasteiger partial charge in [-0.1, -0.05) is 72.8 Å². The van der Waals surface area contributed by atoms with Crippen molar-refractivity contribution in [2.45, 2.75) is 39.6 Å². The van der Waals surface area contributed by atoms with Crippen LogP contribution in [0.1, 0.15) is 33.4 Å². The molecule has 0 aromatic heterocycles. The van der Waals surface area contributed by atoms with Crippen LogP contribution in [0.15, 0.2) is 72.8 Å². The highest BCUT2D eigenvalue weighted by Crippen LogP contribution is 2.21. The van der Waals surface area contributed by atoms with Crippen molar-refractivity contribution in [3.8, 4) is 0 Å². The summed E-state index contributed by atoms with van der Waals surface area (Å²) in [5.74, 6) is 0. The molecule has 0 aliphatic rings. The first-order valence-corrected chi connectivity index (χ1v) is 9.38. The molecule has 3 rings (SSSR count). The SMILES string of the molecule is OCc1cc(COCc2ccccc2)c(COCc2ccccc2)cc1CO. The van der Waals surface area contributed by atoms with E-state index in [1.165, 1.54) is 0 Å². The Morgan fingerprint density at radius 3 is 1.25 bits per heavy atom. The number of hydrogen-bond donors (Lipinski definition) is 2. The zero-order chi connectivity index (χ0) is 19.6. The van der Waals surface area contributed by atoms with Crippen LogP contribution in [-0.4, -0.2) is 10.2 Å². The fourth-order valence-electron chi connectivity index (χ4n) is 3.06. The van der Waals surface area contributed by atoms with Gasteiger partial charge in [0.2, 0.25) is 0 Å². The molecule has 0 bridgehead atoms. The van der Waals surface area contributed by atoms with Crippen LogP contribution in [0, 0.1) is 0 Å². The molecule has 4 nitrogen and oxygen atoms in total. The van der Waals surface area contributed by atoms with E-state index in [0.717, 1.165) is 22.3 Å². The van der Waals surface area contributed by atoms with Crippen LogP contribution in [-0.2, 0) is 49.1 Å². The van der Waals surface area contributed by atoms with E-state index in [1.54, 1.807) is 0 Å². The topological polar surface area (TPSA) is 58.9 Å². The Morgan fingerprint density at radius 2 is 0.893 bits per heavy atom. The Hall–Kier alpha value is -2.50. The monoisotopic (exact) mass is 378 g/mol. The molecule has 0 fully saturated rings. The largest absolute Gasteiger partial charge is 0.392 e. The third-order valence-corrected chi connectivity index (χ3v) is 4.60. The quantitative estimate of drug-likeness (QED) is 0.558. The molecule has 3 aromatic carbocycles. The van der Waals surface area contributed by atoms with E-state index >= 15 is 0 Å². The van der Waals surface area contributed by atoms with Gasteiger partial charge in [0.05, 0.1) is 39.6 Å². The van der Waals surface area contributed by atoms with Gasteiger partial charge in [0.15, 0.2) is 0 Å². The van der Waals surface area contributed by atoms with Crippen molar-refractivity contribution in [2.24, 2.45) is 0 Å². The normalized spacial score (nSPS) is 10.9. The van der Waals surface area contributed by atoms with Crippen molar-refractivity contribution in [3.05, 3.63) is 106 Å².